The molecule has 0 amide bonds. The van der Waals surface area contributed by atoms with Crippen molar-refractivity contribution in [3.05, 3.63) is 57.4 Å². The zero-order valence-electron chi connectivity index (χ0n) is 13.7. The number of thiophene rings is 1. The van der Waals surface area contributed by atoms with Gasteiger partial charge in [0.1, 0.15) is 11.6 Å². The summed E-state index contributed by atoms with van der Waals surface area (Å²) in [5, 5.41) is 12.1. The molecule has 0 spiro atoms. The van der Waals surface area contributed by atoms with Crippen LogP contribution in [0.2, 0.25) is 0 Å². The van der Waals surface area contributed by atoms with E-state index in [0.29, 0.717) is 0 Å². The standard InChI is InChI=1S/C18H19BrN4OS/c19-15-4-2-1-3-14(15)16-6-5-13(25-16)11-20-12-18-22-21-17-7-9-24-10-8-23(17)18/h1-6,20H,7-12H2. The summed E-state index contributed by atoms with van der Waals surface area (Å²) in [6.45, 7) is 3.85. The zero-order chi connectivity index (χ0) is 17.1. The summed E-state index contributed by atoms with van der Waals surface area (Å²) in [4.78, 5) is 2.59. The Morgan fingerprint density at radius 1 is 1.12 bits per heavy atom. The highest BCUT2D eigenvalue weighted by atomic mass is 79.9. The number of hydrogen-bond acceptors (Lipinski definition) is 5. The fraction of sp³-hybridized carbons (Fsp3) is 0.333. The average molecular weight is 419 g/mol. The van der Waals surface area contributed by atoms with Crippen molar-refractivity contribution in [1.82, 2.24) is 20.1 Å². The van der Waals surface area contributed by atoms with Crippen LogP contribution in [0.25, 0.3) is 10.4 Å². The van der Waals surface area contributed by atoms with Crippen LogP contribution < -0.4 is 5.32 Å². The predicted molar refractivity (Wildman–Crippen MR) is 103 cm³/mol. The molecule has 2 aromatic heterocycles. The first-order chi connectivity index (χ1) is 12.3. The normalized spacial score (nSPS) is 14.3. The van der Waals surface area contributed by atoms with Gasteiger partial charge in [-0.1, -0.05) is 34.1 Å². The molecule has 0 fully saturated rings. The van der Waals surface area contributed by atoms with Gasteiger partial charge in [-0.05, 0) is 18.2 Å². The number of hydrogen-bond donors (Lipinski definition) is 1. The smallest absolute Gasteiger partial charge is 0.147 e. The molecule has 0 unspecified atom stereocenters. The number of fused-ring (bicyclic) bond motifs is 1. The van der Waals surface area contributed by atoms with Crippen molar-refractivity contribution >= 4 is 27.3 Å². The van der Waals surface area contributed by atoms with Crippen molar-refractivity contribution < 1.29 is 4.74 Å². The maximum atomic E-state index is 5.51. The quantitative estimate of drug-likeness (QED) is 0.686. The fourth-order valence-corrected chi connectivity index (χ4v) is 4.59. The van der Waals surface area contributed by atoms with Crippen LogP contribution in [0.4, 0.5) is 0 Å². The van der Waals surface area contributed by atoms with Gasteiger partial charge in [0.25, 0.3) is 0 Å². The number of nitrogens with zero attached hydrogens (tertiary/aromatic N) is 3. The lowest BCUT2D eigenvalue weighted by molar-refractivity contribution is 0.139. The molecular weight excluding hydrogens is 400 g/mol. The van der Waals surface area contributed by atoms with Crippen LogP contribution in [0.3, 0.4) is 0 Å². The Morgan fingerprint density at radius 3 is 2.96 bits per heavy atom. The Labute approximate surface area is 159 Å². The van der Waals surface area contributed by atoms with Gasteiger partial charge in [0.2, 0.25) is 0 Å². The molecule has 1 N–H and O–H groups in total. The molecular formula is C18H19BrN4OS. The molecule has 4 rings (SSSR count). The van der Waals surface area contributed by atoms with Crippen LogP contribution in [0.15, 0.2) is 40.9 Å². The van der Waals surface area contributed by atoms with Gasteiger partial charge < -0.3 is 14.6 Å². The van der Waals surface area contributed by atoms with E-state index in [9.17, 15) is 0 Å². The molecule has 1 aliphatic rings. The first-order valence-corrected chi connectivity index (χ1v) is 9.95. The van der Waals surface area contributed by atoms with Gasteiger partial charge in [0.15, 0.2) is 0 Å². The highest BCUT2D eigenvalue weighted by Crippen LogP contribution is 2.33. The van der Waals surface area contributed by atoms with E-state index >= 15 is 0 Å². The molecule has 1 aliphatic heterocycles. The Hall–Kier alpha value is -1.54. The third-order valence-electron chi connectivity index (χ3n) is 4.22. The molecule has 0 bridgehead atoms. The second kappa shape index (κ2) is 7.78. The minimum atomic E-state index is 0.718. The Balaban J connectivity index is 1.38. The lowest BCUT2D eigenvalue weighted by Gasteiger charge is -2.07. The molecule has 0 saturated heterocycles. The number of rotatable bonds is 5. The molecule has 7 heteroatoms. The molecule has 25 heavy (non-hydrogen) atoms. The van der Waals surface area contributed by atoms with Crippen LogP contribution >= 0.6 is 27.3 Å². The minimum Gasteiger partial charge on any atom is -0.379 e. The van der Waals surface area contributed by atoms with Crippen molar-refractivity contribution in [3.8, 4) is 10.4 Å². The number of halogens is 1. The summed E-state index contributed by atoms with van der Waals surface area (Å²) in [7, 11) is 0. The largest absolute Gasteiger partial charge is 0.379 e. The van der Waals surface area contributed by atoms with Gasteiger partial charge in [-0.25, -0.2) is 0 Å². The summed E-state index contributed by atoms with van der Waals surface area (Å²) in [5.41, 5.74) is 1.24. The highest BCUT2D eigenvalue weighted by molar-refractivity contribution is 9.10. The van der Waals surface area contributed by atoms with Gasteiger partial charge in [-0.15, -0.1) is 21.5 Å². The molecule has 0 radical (unpaired) electrons. The first-order valence-electron chi connectivity index (χ1n) is 8.34. The SMILES string of the molecule is Brc1ccccc1-c1ccc(CNCc2nnc3n2CCOCC3)s1. The first kappa shape index (κ1) is 16.9. The van der Waals surface area contributed by atoms with Crippen molar-refractivity contribution in [2.75, 3.05) is 13.2 Å². The number of aromatic nitrogens is 3. The Kier molecular flexibility index (Phi) is 5.26. The number of benzene rings is 1. The maximum absolute atomic E-state index is 5.51. The van der Waals surface area contributed by atoms with Crippen LogP contribution in [-0.2, 0) is 30.8 Å². The maximum Gasteiger partial charge on any atom is 0.147 e. The molecule has 0 aliphatic carbocycles. The van der Waals surface area contributed by atoms with E-state index in [0.717, 1.165) is 55.4 Å². The van der Waals surface area contributed by atoms with Crippen molar-refractivity contribution in [2.45, 2.75) is 26.1 Å². The second-order valence-corrected chi connectivity index (χ2v) is 7.92. The van der Waals surface area contributed by atoms with Crippen molar-refractivity contribution in [2.24, 2.45) is 0 Å². The third-order valence-corrected chi connectivity index (χ3v) is 6.03. The predicted octanol–water partition coefficient (Wildman–Crippen LogP) is 3.63. The summed E-state index contributed by atoms with van der Waals surface area (Å²) < 4.78 is 8.82. The van der Waals surface area contributed by atoms with Crippen LogP contribution in [0.5, 0.6) is 0 Å². The summed E-state index contributed by atoms with van der Waals surface area (Å²) in [5.74, 6) is 2.02. The van der Waals surface area contributed by atoms with E-state index in [1.165, 1.54) is 15.3 Å². The van der Waals surface area contributed by atoms with E-state index in [2.05, 4.69) is 66.3 Å². The van der Waals surface area contributed by atoms with E-state index < -0.39 is 0 Å². The Bertz CT molecular complexity index is 860. The minimum absolute atomic E-state index is 0.718. The van der Waals surface area contributed by atoms with Gasteiger partial charge in [0.05, 0.1) is 19.8 Å². The molecule has 0 saturated carbocycles. The van der Waals surface area contributed by atoms with E-state index in [4.69, 9.17) is 4.74 Å². The lowest BCUT2D eigenvalue weighted by Crippen LogP contribution is -2.17. The monoisotopic (exact) mass is 418 g/mol. The molecule has 0 atom stereocenters. The third kappa shape index (κ3) is 3.84. The highest BCUT2D eigenvalue weighted by Gasteiger charge is 2.14. The van der Waals surface area contributed by atoms with Crippen LogP contribution in [0.1, 0.15) is 16.5 Å². The van der Waals surface area contributed by atoms with Crippen molar-refractivity contribution in [3.63, 3.8) is 0 Å². The lowest BCUT2D eigenvalue weighted by atomic mass is 10.2. The van der Waals surface area contributed by atoms with Gasteiger partial charge in [0, 0.05) is 39.3 Å². The topological polar surface area (TPSA) is 52.0 Å². The number of ether oxygens (including phenoxy) is 1. The molecule has 1 aromatic carbocycles. The van der Waals surface area contributed by atoms with Gasteiger partial charge in [-0.2, -0.15) is 0 Å². The summed E-state index contributed by atoms with van der Waals surface area (Å²) >= 11 is 5.44. The Morgan fingerprint density at radius 2 is 2.04 bits per heavy atom. The summed E-state index contributed by atoms with van der Waals surface area (Å²) in [6, 6.07) is 12.7. The van der Waals surface area contributed by atoms with E-state index in [1.54, 1.807) is 0 Å². The van der Waals surface area contributed by atoms with Crippen LogP contribution in [0, 0.1) is 0 Å². The summed E-state index contributed by atoms with van der Waals surface area (Å²) in [6.07, 6.45) is 0.841. The molecule has 3 aromatic rings. The fourth-order valence-electron chi connectivity index (χ4n) is 2.94. The number of nitrogens with one attached hydrogen (secondary N) is 1. The molecule has 3 heterocycles. The molecule has 5 nitrogen and oxygen atoms in total. The molecule has 130 valence electrons. The van der Waals surface area contributed by atoms with Gasteiger partial charge in [-0.3, -0.25) is 0 Å². The second-order valence-electron chi connectivity index (χ2n) is 5.90. The van der Waals surface area contributed by atoms with E-state index in [-0.39, 0.29) is 0 Å². The van der Waals surface area contributed by atoms with E-state index in [1.807, 2.05) is 17.4 Å². The van der Waals surface area contributed by atoms with Crippen LogP contribution in [-0.4, -0.2) is 28.0 Å². The average Bonchev–Trinajstić information content (AvgIpc) is 3.16. The van der Waals surface area contributed by atoms with Crippen molar-refractivity contribution in [1.29, 1.82) is 0 Å². The van der Waals surface area contributed by atoms with Gasteiger partial charge >= 0.3 is 0 Å². The zero-order valence-corrected chi connectivity index (χ0v) is 16.1.